The van der Waals surface area contributed by atoms with Crippen LogP contribution in [0.5, 0.6) is 5.75 Å². The van der Waals surface area contributed by atoms with Gasteiger partial charge in [0.2, 0.25) is 0 Å². The van der Waals surface area contributed by atoms with Crippen molar-refractivity contribution in [2.75, 3.05) is 11.8 Å². The Morgan fingerprint density at radius 2 is 1.79 bits per heavy atom. The Labute approximate surface area is 197 Å². The zero-order valence-corrected chi connectivity index (χ0v) is 20.0. The van der Waals surface area contributed by atoms with Gasteiger partial charge >= 0.3 is 0 Å². The molecule has 0 bridgehead atoms. The molecule has 4 aromatic rings. The van der Waals surface area contributed by atoms with Gasteiger partial charge in [-0.2, -0.15) is 9.78 Å². The van der Waals surface area contributed by atoms with Gasteiger partial charge in [0, 0.05) is 17.3 Å². The van der Waals surface area contributed by atoms with Gasteiger partial charge in [0.1, 0.15) is 22.0 Å². The van der Waals surface area contributed by atoms with E-state index in [1.54, 1.807) is 38.1 Å². The Kier molecular flexibility index (Phi) is 6.25. The Balaban J connectivity index is 1.77. The standard InChI is InChI=1S/C24H24N4O5S/c1-5-17-6-9-19(10-7-17)27-34(30,31)22-14-18(8-12-21(22)32-4)20-11-13-23(29)28(25-20)24-15(2)26-33-16(24)3/h6-14,27H,5H2,1-4H3. The summed E-state index contributed by atoms with van der Waals surface area (Å²) < 4.78 is 40.7. The lowest BCUT2D eigenvalue weighted by Gasteiger charge is -2.14. The molecule has 10 heteroatoms. The van der Waals surface area contributed by atoms with Crippen LogP contribution in [0, 0.1) is 13.8 Å². The van der Waals surface area contributed by atoms with E-state index in [1.807, 2.05) is 19.1 Å². The third kappa shape index (κ3) is 4.44. The number of nitrogens with zero attached hydrogens (tertiary/aromatic N) is 3. The Morgan fingerprint density at radius 1 is 1.06 bits per heavy atom. The smallest absolute Gasteiger partial charge is 0.271 e. The van der Waals surface area contributed by atoms with Crippen molar-refractivity contribution in [3.63, 3.8) is 0 Å². The number of nitrogens with one attached hydrogen (secondary N) is 1. The van der Waals surface area contributed by atoms with E-state index in [4.69, 9.17) is 9.26 Å². The number of rotatable bonds is 7. The summed E-state index contributed by atoms with van der Waals surface area (Å²) in [5.74, 6) is 0.626. The van der Waals surface area contributed by atoms with Gasteiger partial charge in [-0.3, -0.25) is 9.52 Å². The highest BCUT2D eigenvalue weighted by Gasteiger charge is 2.22. The zero-order chi connectivity index (χ0) is 24.5. The second-order valence-electron chi connectivity index (χ2n) is 7.66. The van der Waals surface area contributed by atoms with Gasteiger partial charge in [-0.25, -0.2) is 8.42 Å². The third-order valence-corrected chi connectivity index (χ3v) is 6.77. The number of hydrogen-bond acceptors (Lipinski definition) is 7. The Hall–Kier alpha value is -3.92. The molecule has 0 aliphatic heterocycles. The second-order valence-corrected chi connectivity index (χ2v) is 9.31. The first kappa shape index (κ1) is 23.2. The summed E-state index contributed by atoms with van der Waals surface area (Å²) in [6.45, 7) is 5.43. The number of anilines is 1. The SMILES string of the molecule is CCc1ccc(NS(=O)(=O)c2cc(-c3ccc(=O)n(-c4c(C)noc4C)n3)ccc2OC)cc1. The number of methoxy groups -OCH3 is 1. The van der Waals surface area contributed by atoms with Crippen LogP contribution in [0.1, 0.15) is 23.9 Å². The maximum Gasteiger partial charge on any atom is 0.271 e. The van der Waals surface area contributed by atoms with E-state index in [2.05, 4.69) is 15.0 Å². The normalized spacial score (nSPS) is 11.4. The summed E-state index contributed by atoms with van der Waals surface area (Å²) in [5, 5.41) is 8.31. The van der Waals surface area contributed by atoms with E-state index in [0.717, 1.165) is 12.0 Å². The maximum atomic E-state index is 13.2. The molecule has 34 heavy (non-hydrogen) atoms. The van der Waals surface area contributed by atoms with Gasteiger partial charge in [-0.05, 0) is 62.2 Å². The van der Waals surface area contributed by atoms with Crippen molar-refractivity contribution >= 4 is 15.7 Å². The topological polar surface area (TPSA) is 116 Å². The van der Waals surface area contributed by atoms with E-state index in [-0.39, 0.29) is 16.2 Å². The number of sulfonamides is 1. The van der Waals surface area contributed by atoms with Gasteiger partial charge < -0.3 is 9.26 Å². The molecule has 1 N–H and O–H groups in total. The highest BCUT2D eigenvalue weighted by molar-refractivity contribution is 7.92. The molecule has 0 aliphatic carbocycles. The van der Waals surface area contributed by atoms with E-state index in [9.17, 15) is 13.2 Å². The largest absolute Gasteiger partial charge is 0.495 e. The van der Waals surface area contributed by atoms with Gasteiger partial charge in [0.15, 0.2) is 5.76 Å². The van der Waals surface area contributed by atoms with E-state index in [1.165, 1.54) is 30.0 Å². The summed E-state index contributed by atoms with van der Waals surface area (Å²) in [6.07, 6.45) is 0.853. The van der Waals surface area contributed by atoms with Crippen LogP contribution in [-0.2, 0) is 16.4 Å². The number of hydrogen-bond donors (Lipinski definition) is 1. The van der Waals surface area contributed by atoms with Crippen molar-refractivity contribution in [2.45, 2.75) is 32.1 Å². The van der Waals surface area contributed by atoms with Crippen molar-refractivity contribution in [3.8, 4) is 22.7 Å². The first-order valence-corrected chi connectivity index (χ1v) is 12.1. The molecule has 0 amide bonds. The van der Waals surface area contributed by atoms with E-state index >= 15 is 0 Å². The minimum absolute atomic E-state index is 0.0519. The maximum absolute atomic E-state index is 13.2. The van der Waals surface area contributed by atoms with Crippen LogP contribution in [-0.4, -0.2) is 30.5 Å². The molecule has 0 atom stereocenters. The van der Waals surface area contributed by atoms with Crippen LogP contribution >= 0.6 is 0 Å². The molecule has 0 saturated carbocycles. The van der Waals surface area contributed by atoms with Crippen LogP contribution in [0.4, 0.5) is 5.69 Å². The molecule has 0 fully saturated rings. The second kappa shape index (κ2) is 9.14. The summed E-state index contributed by atoms with van der Waals surface area (Å²) >= 11 is 0. The lowest BCUT2D eigenvalue weighted by Crippen LogP contribution is -2.21. The minimum Gasteiger partial charge on any atom is -0.495 e. The number of aromatic nitrogens is 3. The van der Waals surface area contributed by atoms with Crippen molar-refractivity contribution in [3.05, 3.63) is 82.0 Å². The summed E-state index contributed by atoms with van der Waals surface area (Å²) in [4.78, 5) is 12.4. The molecule has 2 aromatic carbocycles. The molecule has 2 aromatic heterocycles. The molecule has 4 rings (SSSR count). The molecule has 0 saturated heterocycles. The molecule has 0 aliphatic rings. The van der Waals surface area contributed by atoms with Crippen molar-refractivity contribution in [2.24, 2.45) is 0 Å². The molecule has 0 unspecified atom stereocenters. The van der Waals surface area contributed by atoms with Crippen LogP contribution in [0.2, 0.25) is 0 Å². The molecule has 176 valence electrons. The van der Waals surface area contributed by atoms with Crippen LogP contribution in [0.3, 0.4) is 0 Å². The number of aryl methyl sites for hydroxylation is 3. The van der Waals surface area contributed by atoms with Gasteiger partial charge in [-0.1, -0.05) is 24.2 Å². The van der Waals surface area contributed by atoms with Gasteiger partial charge in [0.05, 0.1) is 12.8 Å². The molecule has 9 nitrogen and oxygen atoms in total. The van der Waals surface area contributed by atoms with Crippen LogP contribution in [0.15, 0.2) is 68.8 Å². The number of benzene rings is 2. The quantitative estimate of drug-likeness (QED) is 0.427. The third-order valence-electron chi connectivity index (χ3n) is 5.37. The fourth-order valence-corrected chi connectivity index (χ4v) is 4.83. The highest BCUT2D eigenvalue weighted by atomic mass is 32.2. The molecule has 0 radical (unpaired) electrons. The minimum atomic E-state index is -3.98. The summed E-state index contributed by atoms with van der Waals surface area (Å²) in [7, 11) is -2.57. The summed E-state index contributed by atoms with van der Waals surface area (Å²) in [6, 6.07) is 14.8. The average Bonchev–Trinajstić information content (AvgIpc) is 3.17. The van der Waals surface area contributed by atoms with E-state index < -0.39 is 10.0 Å². The van der Waals surface area contributed by atoms with E-state index in [0.29, 0.717) is 34.1 Å². The number of ether oxygens (including phenoxy) is 1. The van der Waals surface area contributed by atoms with Crippen LogP contribution < -0.4 is 15.0 Å². The fourth-order valence-electron chi connectivity index (χ4n) is 3.57. The first-order chi connectivity index (χ1) is 16.2. The molecular formula is C24H24N4O5S. The predicted octanol–water partition coefficient (Wildman–Crippen LogP) is 3.88. The van der Waals surface area contributed by atoms with Crippen molar-refractivity contribution in [1.82, 2.24) is 14.9 Å². The van der Waals surface area contributed by atoms with Crippen molar-refractivity contribution in [1.29, 1.82) is 0 Å². The fraction of sp³-hybridized carbons (Fsp3) is 0.208. The van der Waals surface area contributed by atoms with Gasteiger partial charge in [-0.15, -0.1) is 0 Å². The highest BCUT2D eigenvalue weighted by Crippen LogP contribution is 2.30. The first-order valence-electron chi connectivity index (χ1n) is 10.6. The molecule has 2 heterocycles. The zero-order valence-electron chi connectivity index (χ0n) is 19.2. The van der Waals surface area contributed by atoms with Crippen molar-refractivity contribution < 1.29 is 17.7 Å². The predicted molar refractivity (Wildman–Crippen MR) is 128 cm³/mol. The van der Waals surface area contributed by atoms with Crippen LogP contribution in [0.25, 0.3) is 16.9 Å². The Morgan fingerprint density at radius 3 is 2.41 bits per heavy atom. The molecular weight excluding hydrogens is 456 g/mol. The lowest BCUT2D eigenvalue weighted by molar-refractivity contribution is 0.392. The average molecular weight is 481 g/mol. The summed E-state index contributed by atoms with van der Waals surface area (Å²) in [5.41, 5.74) is 3.02. The van der Waals surface area contributed by atoms with Gasteiger partial charge in [0.25, 0.3) is 15.6 Å². The molecule has 0 spiro atoms. The Bertz CT molecular complexity index is 1490. The monoisotopic (exact) mass is 480 g/mol. The lowest BCUT2D eigenvalue weighted by atomic mass is 10.1.